The number of hydrogen-bond donors (Lipinski definition) is 3. The zero-order valence-corrected chi connectivity index (χ0v) is 24.4. The Labute approximate surface area is 235 Å². The highest BCUT2D eigenvalue weighted by Crippen LogP contribution is 2.34. The number of carboxylic acid groups (broad SMARTS) is 1. The number of carbonyl (C=O) groups excluding carboxylic acids is 1. The molecule has 3 aromatic heterocycles. The van der Waals surface area contributed by atoms with E-state index in [2.05, 4.69) is 19.6 Å². The van der Waals surface area contributed by atoms with Crippen molar-refractivity contribution in [2.45, 2.75) is 95.7 Å². The minimum absolute atomic E-state index is 0.0919. The van der Waals surface area contributed by atoms with Gasteiger partial charge in [0.05, 0.1) is 22.9 Å². The third-order valence-electron chi connectivity index (χ3n) is 8.10. The predicted octanol–water partition coefficient (Wildman–Crippen LogP) is 4.36. The van der Waals surface area contributed by atoms with E-state index in [-0.39, 0.29) is 16.8 Å². The molecule has 0 spiro atoms. The van der Waals surface area contributed by atoms with Crippen molar-refractivity contribution in [1.82, 2.24) is 24.0 Å². The molecule has 0 unspecified atom stereocenters. The molecule has 2 saturated carbocycles. The Morgan fingerprint density at radius 2 is 1.80 bits per heavy atom. The largest absolute Gasteiger partial charge is 0.481 e. The first-order valence-corrected chi connectivity index (χ1v) is 15.6. The van der Waals surface area contributed by atoms with Gasteiger partial charge < -0.3 is 15.0 Å². The molecule has 3 aromatic rings. The highest BCUT2D eigenvalue weighted by Gasteiger charge is 2.36. The Morgan fingerprint density at radius 1 is 1.10 bits per heavy atom. The monoisotopic (exact) mass is 569 g/mol. The van der Waals surface area contributed by atoms with Crippen LogP contribution in [-0.4, -0.2) is 50.9 Å². The van der Waals surface area contributed by atoms with Crippen molar-refractivity contribution in [3.63, 3.8) is 0 Å². The molecule has 0 aliphatic heterocycles. The first-order chi connectivity index (χ1) is 18.8. The Balaban J connectivity index is 1.54. The lowest BCUT2D eigenvalue weighted by atomic mass is 9.80. The fourth-order valence-electron chi connectivity index (χ4n) is 6.02. The molecule has 0 bridgehead atoms. The summed E-state index contributed by atoms with van der Waals surface area (Å²) in [6.45, 7) is 8.09. The maximum Gasteiger partial charge on any atom is 0.306 e. The fourth-order valence-corrected chi connectivity index (χ4v) is 7.57. The number of rotatable bonds is 8. The van der Waals surface area contributed by atoms with Crippen LogP contribution in [0.2, 0.25) is 0 Å². The van der Waals surface area contributed by atoms with Crippen LogP contribution in [0.5, 0.6) is 0 Å². The van der Waals surface area contributed by atoms with Gasteiger partial charge in [0.1, 0.15) is 4.90 Å². The third kappa shape index (κ3) is 5.67. The number of aromatic nitrogens is 3. The first-order valence-electron chi connectivity index (χ1n) is 14.1. The zero-order chi connectivity index (χ0) is 28.8. The van der Waals surface area contributed by atoms with Crippen molar-refractivity contribution in [2.24, 2.45) is 11.8 Å². The molecule has 0 aromatic carbocycles. The van der Waals surface area contributed by atoms with E-state index in [9.17, 15) is 23.1 Å². The number of sulfonamides is 1. The van der Waals surface area contributed by atoms with E-state index in [4.69, 9.17) is 0 Å². The number of hydrogen-bond acceptors (Lipinski definition) is 5. The Kier molecular flexibility index (Phi) is 7.56. The van der Waals surface area contributed by atoms with Crippen molar-refractivity contribution >= 4 is 27.5 Å². The van der Waals surface area contributed by atoms with Gasteiger partial charge in [0.2, 0.25) is 10.0 Å². The van der Waals surface area contributed by atoms with Gasteiger partial charge >= 0.3 is 5.97 Å². The van der Waals surface area contributed by atoms with Crippen LogP contribution in [0.3, 0.4) is 0 Å². The number of carboxylic acids is 1. The molecule has 3 N–H and O–H groups in total. The van der Waals surface area contributed by atoms with Crippen LogP contribution < -0.4 is 10.0 Å². The second kappa shape index (κ2) is 10.7. The van der Waals surface area contributed by atoms with Crippen molar-refractivity contribution in [3.05, 3.63) is 41.9 Å². The lowest BCUT2D eigenvalue weighted by Crippen LogP contribution is -2.46. The summed E-state index contributed by atoms with van der Waals surface area (Å²) in [6.07, 6.45) is 10.1. The van der Waals surface area contributed by atoms with Crippen LogP contribution >= 0.6 is 0 Å². The summed E-state index contributed by atoms with van der Waals surface area (Å²) in [6, 6.07) is 5.08. The normalized spacial score (nSPS) is 20.4. The standard InChI is InChI=1S/C29H39N5O5S/c1-18-22(27(35)31-21-14-20(15-21)28(36)37)16-24(34(18)17-19-8-6-5-7-9-19)23-10-11-25(26-30-12-13-33(23)26)40(38,39)32-29(2,3)4/h10-13,16,19-21,32H,5-9,14-15,17H2,1-4H3,(H,31,35)(H,36,37). The van der Waals surface area contributed by atoms with Crippen LogP contribution in [0, 0.1) is 18.8 Å². The smallest absolute Gasteiger partial charge is 0.306 e. The number of nitrogens with zero attached hydrogens (tertiary/aromatic N) is 3. The van der Waals surface area contributed by atoms with Gasteiger partial charge in [0, 0.05) is 36.2 Å². The molecule has 2 aliphatic carbocycles. The van der Waals surface area contributed by atoms with Gasteiger partial charge in [-0.3, -0.25) is 14.0 Å². The van der Waals surface area contributed by atoms with E-state index in [0.717, 1.165) is 36.5 Å². The van der Waals surface area contributed by atoms with Crippen molar-refractivity contribution < 1.29 is 23.1 Å². The maximum atomic E-state index is 13.4. The summed E-state index contributed by atoms with van der Waals surface area (Å²) in [7, 11) is -3.83. The third-order valence-corrected chi connectivity index (χ3v) is 9.88. The Morgan fingerprint density at radius 3 is 2.45 bits per heavy atom. The lowest BCUT2D eigenvalue weighted by molar-refractivity contribution is -0.145. The van der Waals surface area contributed by atoms with E-state index in [0.29, 0.717) is 30.0 Å². The van der Waals surface area contributed by atoms with Crippen molar-refractivity contribution in [3.8, 4) is 11.4 Å². The van der Waals surface area contributed by atoms with E-state index in [1.165, 1.54) is 19.3 Å². The van der Waals surface area contributed by atoms with E-state index in [1.807, 2.05) is 13.0 Å². The predicted molar refractivity (Wildman–Crippen MR) is 152 cm³/mol. The molecule has 11 heteroatoms. The number of aliphatic carboxylic acids is 1. The molecule has 216 valence electrons. The summed E-state index contributed by atoms with van der Waals surface area (Å²) in [5.41, 5.74) is 2.61. The van der Waals surface area contributed by atoms with Crippen LogP contribution in [0.15, 0.2) is 35.5 Å². The van der Waals surface area contributed by atoms with Crippen molar-refractivity contribution in [2.75, 3.05) is 0 Å². The molecular formula is C29H39N5O5S. The highest BCUT2D eigenvalue weighted by atomic mass is 32.2. The van der Waals surface area contributed by atoms with Crippen molar-refractivity contribution in [1.29, 1.82) is 0 Å². The SMILES string of the molecule is Cc1c(C(=O)NC2CC(C(=O)O)C2)cc(-c2ccc(S(=O)(=O)NC(C)(C)C)c3nccn23)n1CC1CCCCC1. The second-order valence-electron chi connectivity index (χ2n) is 12.4. The quantitative estimate of drug-likeness (QED) is 0.369. The molecule has 5 rings (SSSR count). The molecule has 0 radical (unpaired) electrons. The summed E-state index contributed by atoms with van der Waals surface area (Å²) >= 11 is 0. The van der Waals surface area contributed by atoms with Gasteiger partial charge in [-0.05, 0) is 77.5 Å². The van der Waals surface area contributed by atoms with Gasteiger partial charge in [-0.25, -0.2) is 18.1 Å². The van der Waals surface area contributed by atoms with Gasteiger partial charge in [-0.15, -0.1) is 0 Å². The summed E-state index contributed by atoms with van der Waals surface area (Å²) in [5, 5.41) is 12.2. The van der Waals surface area contributed by atoms with E-state index < -0.39 is 27.4 Å². The Bertz CT molecular complexity index is 1540. The molecule has 1 amide bonds. The molecule has 40 heavy (non-hydrogen) atoms. The number of carbonyl (C=O) groups is 2. The summed E-state index contributed by atoms with van der Waals surface area (Å²) < 4.78 is 33.1. The topological polar surface area (TPSA) is 135 Å². The number of fused-ring (bicyclic) bond motifs is 1. The molecule has 2 aliphatic rings. The van der Waals surface area contributed by atoms with E-state index >= 15 is 0 Å². The average Bonchev–Trinajstić information content (AvgIpc) is 3.45. The molecule has 0 saturated heterocycles. The minimum atomic E-state index is -3.83. The second-order valence-corrected chi connectivity index (χ2v) is 14.0. The molecule has 2 fully saturated rings. The van der Waals surface area contributed by atoms with Gasteiger partial charge in [0.15, 0.2) is 5.65 Å². The average molecular weight is 570 g/mol. The maximum absolute atomic E-state index is 13.4. The lowest BCUT2D eigenvalue weighted by Gasteiger charge is -2.32. The number of nitrogens with one attached hydrogen (secondary N) is 2. The van der Waals surface area contributed by atoms with Crippen LogP contribution in [0.4, 0.5) is 0 Å². The van der Waals surface area contributed by atoms with Crippen LogP contribution in [-0.2, 0) is 21.4 Å². The first kappa shape index (κ1) is 28.4. The molecular weight excluding hydrogens is 530 g/mol. The Hall–Kier alpha value is -3.18. The van der Waals surface area contributed by atoms with Crippen LogP contribution in [0.1, 0.15) is 81.8 Å². The highest BCUT2D eigenvalue weighted by molar-refractivity contribution is 7.89. The number of amides is 1. The van der Waals surface area contributed by atoms with Gasteiger partial charge in [0.25, 0.3) is 5.91 Å². The summed E-state index contributed by atoms with van der Waals surface area (Å²) in [4.78, 5) is 29.1. The zero-order valence-electron chi connectivity index (χ0n) is 23.6. The number of imidazole rings is 1. The van der Waals surface area contributed by atoms with E-state index in [1.54, 1.807) is 49.7 Å². The minimum Gasteiger partial charge on any atom is -0.481 e. The molecule has 10 nitrogen and oxygen atoms in total. The number of pyridine rings is 1. The fraction of sp³-hybridized carbons (Fsp3) is 0.552. The summed E-state index contributed by atoms with van der Waals surface area (Å²) in [5.74, 6) is -0.957. The van der Waals surface area contributed by atoms with Crippen LogP contribution in [0.25, 0.3) is 17.0 Å². The molecule has 0 atom stereocenters. The van der Waals surface area contributed by atoms with Gasteiger partial charge in [-0.1, -0.05) is 19.3 Å². The molecule has 3 heterocycles. The van der Waals surface area contributed by atoms with Gasteiger partial charge in [-0.2, -0.15) is 0 Å².